The van der Waals surface area contributed by atoms with Crippen LogP contribution < -0.4 is 0 Å². The number of hydrogen-bond donors (Lipinski definition) is 1. The second-order valence-corrected chi connectivity index (χ2v) is 3.35. The minimum atomic E-state index is -0.496. The summed E-state index contributed by atoms with van der Waals surface area (Å²) in [5.41, 5.74) is 0.905. The summed E-state index contributed by atoms with van der Waals surface area (Å²) in [6.07, 6.45) is -0.496. The fourth-order valence-corrected chi connectivity index (χ4v) is 1.39. The Morgan fingerprint density at radius 3 is 2.43 bits per heavy atom. The summed E-state index contributed by atoms with van der Waals surface area (Å²) in [6, 6.07) is 9.51. The van der Waals surface area contributed by atoms with Crippen molar-refractivity contribution in [3.05, 3.63) is 35.9 Å². The molecule has 0 saturated carbocycles. The Bertz CT molecular complexity index is 243. The van der Waals surface area contributed by atoms with Crippen molar-refractivity contribution in [3.8, 4) is 0 Å². The summed E-state index contributed by atoms with van der Waals surface area (Å²) in [4.78, 5) is 0. The van der Waals surface area contributed by atoms with Gasteiger partial charge in [-0.1, -0.05) is 37.3 Å². The molecule has 2 atom stereocenters. The molecule has 1 rings (SSSR count). The molecule has 0 heterocycles. The van der Waals surface area contributed by atoms with Crippen LogP contribution in [0.4, 0.5) is 0 Å². The first kappa shape index (κ1) is 14.1. The number of benzene rings is 1. The van der Waals surface area contributed by atoms with Crippen molar-refractivity contribution >= 4 is 12.9 Å². The summed E-state index contributed by atoms with van der Waals surface area (Å²) in [5, 5.41) is 9.79. The minimum Gasteiger partial charge on any atom is -0.624 e. The largest absolute Gasteiger partial charge is 1.00 e. The van der Waals surface area contributed by atoms with Crippen molar-refractivity contribution in [3.63, 3.8) is 0 Å². The van der Waals surface area contributed by atoms with E-state index in [0.29, 0.717) is 6.61 Å². The Morgan fingerprint density at radius 2 is 1.93 bits per heavy atom. The van der Waals surface area contributed by atoms with Crippen molar-refractivity contribution in [2.45, 2.75) is 13.0 Å². The first-order valence-corrected chi connectivity index (χ1v) is 4.57. The van der Waals surface area contributed by atoms with Gasteiger partial charge in [0.2, 0.25) is 0 Å². The van der Waals surface area contributed by atoms with Gasteiger partial charge < -0.3 is 22.2 Å². The molecule has 0 fully saturated rings. The van der Waals surface area contributed by atoms with E-state index in [9.17, 15) is 5.11 Å². The van der Waals surface area contributed by atoms with E-state index in [4.69, 9.17) is 0 Å². The molecular formula is C10H13O2OsS. The number of aliphatic hydroxyl groups is 1. The molecule has 0 amide bonds. The van der Waals surface area contributed by atoms with E-state index in [-0.39, 0.29) is 25.7 Å². The van der Waals surface area contributed by atoms with Gasteiger partial charge in [0.1, 0.15) is 0 Å². The molecule has 1 radical (unpaired) electrons. The molecule has 4 heteroatoms. The van der Waals surface area contributed by atoms with Crippen molar-refractivity contribution in [2.75, 3.05) is 6.61 Å². The van der Waals surface area contributed by atoms with E-state index in [1.807, 2.05) is 37.3 Å². The second kappa shape index (κ2) is 7.42. The molecule has 1 aromatic carbocycles. The zero-order valence-electron chi connectivity index (χ0n) is 7.87. The Labute approximate surface area is 103 Å². The Morgan fingerprint density at radius 1 is 1.36 bits per heavy atom. The van der Waals surface area contributed by atoms with Gasteiger partial charge in [0, 0.05) is 12.5 Å². The fourth-order valence-electron chi connectivity index (χ4n) is 1.18. The molecule has 0 aliphatic heterocycles. The standard InChI is InChI=1S/C10H14O2S.Os/c1-8(7-12-13)10(11)9-5-3-2-4-6-9;/h2-6,8,10-11,13H,7H2,1H3;/q;+1/p-1/t8-,10+;/m1./s1. The van der Waals surface area contributed by atoms with Crippen LogP contribution in [-0.2, 0) is 36.9 Å². The van der Waals surface area contributed by atoms with Gasteiger partial charge in [0.15, 0.2) is 0 Å². The molecule has 0 saturated heterocycles. The molecule has 14 heavy (non-hydrogen) atoms. The Balaban J connectivity index is 0.00000169. The van der Waals surface area contributed by atoms with Crippen LogP contribution in [0.15, 0.2) is 30.3 Å². The number of aliphatic hydroxyl groups excluding tert-OH is 1. The minimum absolute atomic E-state index is 0. The van der Waals surface area contributed by atoms with Gasteiger partial charge in [-0.05, 0) is 5.56 Å². The van der Waals surface area contributed by atoms with Gasteiger partial charge in [-0.15, -0.1) is 0 Å². The average molecular weight is 388 g/mol. The van der Waals surface area contributed by atoms with Crippen LogP contribution in [0.1, 0.15) is 18.6 Å². The predicted octanol–water partition coefficient (Wildman–Crippen LogP) is 1.83. The molecule has 0 unspecified atom stereocenters. The van der Waals surface area contributed by atoms with Gasteiger partial charge in [-0.2, -0.15) is 0 Å². The van der Waals surface area contributed by atoms with Crippen LogP contribution in [0.2, 0.25) is 0 Å². The van der Waals surface area contributed by atoms with Gasteiger partial charge in [0.25, 0.3) is 0 Å². The molecule has 0 spiro atoms. The maximum Gasteiger partial charge on any atom is 1.00 e. The molecular weight excluding hydrogens is 374 g/mol. The third-order valence-electron chi connectivity index (χ3n) is 2.01. The van der Waals surface area contributed by atoms with Gasteiger partial charge in [0.05, 0.1) is 6.10 Å². The summed E-state index contributed by atoms with van der Waals surface area (Å²) < 4.78 is 4.57. The number of rotatable bonds is 4. The zero-order chi connectivity index (χ0) is 9.68. The maximum atomic E-state index is 9.79. The van der Waals surface area contributed by atoms with E-state index in [1.165, 1.54) is 0 Å². The van der Waals surface area contributed by atoms with Crippen LogP contribution in [0.25, 0.3) is 0 Å². The second-order valence-electron chi connectivity index (χ2n) is 3.12. The van der Waals surface area contributed by atoms with E-state index in [0.717, 1.165) is 5.56 Å². The van der Waals surface area contributed by atoms with Crippen molar-refractivity contribution in [1.29, 1.82) is 0 Å². The van der Waals surface area contributed by atoms with Crippen LogP contribution in [0.5, 0.6) is 0 Å². The molecule has 0 aliphatic rings. The van der Waals surface area contributed by atoms with Crippen molar-refractivity contribution < 1.29 is 29.1 Å². The number of hydrogen-bond acceptors (Lipinski definition) is 3. The summed E-state index contributed by atoms with van der Waals surface area (Å²) >= 11 is 4.39. The van der Waals surface area contributed by atoms with Crippen LogP contribution >= 0.6 is 0 Å². The molecule has 1 N–H and O–H groups in total. The van der Waals surface area contributed by atoms with E-state index < -0.39 is 6.10 Å². The Kier molecular flexibility index (Phi) is 7.49. The Hall–Kier alpha value is 0.126. The predicted molar refractivity (Wildman–Crippen MR) is 53.9 cm³/mol. The van der Waals surface area contributed by atoms with Crippen molar-refractivity contribution in [1.82, 2.24) is 0 Å². The third kappa shape index (κ3) is 4.10. The van der Waals surface area contributed by atoms with Gasteiger partial charge in [-0.25, -0.2) is 0 Å². The first-order chi connectivity index (χ1) is 6.25. The summed E-state index contributed by atoms with van der Waals surface area (Å²) in [6.45, 7) is 2.30. The SMILES string of the molecule is C[C@H](CO[S-])[C@H](O)c1ccccc1.[Os+]. The van der Waals surface area contributed by atoms with Crippen LogP contribution in [0, 0.1) is 5.92 Å². The monoisotopic (exact) mass is 389 g/mol. The molecule has 0 bridgehead atoms. The quantitative estimate of drug-likeness (QED) is 0.800. The zero-order valence-corrected chi connectivity index (χ0v) is 11.2. The maximum absolute atomic E-state index is 9.79. The smallest absolute Gasteiger partial charge is 0.624 e. The molecule has 2 nitrogen and oxygen atoms in total. The normalized spacial score (nSPS) is 14.2. The van der Waals surface area contributed by atoms with Gasteiger partial charge in [-0.3, -0.25) is 0 Å². The van der Waals surface area contributed by atoms with Crippen LogP contribution in [0.3, 0.4) is 0 Å². The first-order valence-electron chi connectivity index (χ1n) is 4.23. The average Bonchev–Trinajstić information content (AvgIpc) is 2.18. The molecule has 1 aromatic rings. The van der Waals surface area contributed by atoms with E-state index in [2.05, 4.69) is 17.1 Å². The topological polar surface area (TPSA) is 29.5 Å². The van der Waals surface area contributed by atoms with Gasteiger partial charge >= 0.3 is 19.8 Å². The van der Waals surface area contributed by atoms with E-state index >= 15 is 0 Å². The summed E-state index contributed by atoms with van der Waals surface area (Å²) in [7, 11) is 0. The van der Waals surface area contributed by atoms with Crippen molar-refractivity contribution in [2.24, 2.45) is 5.92 Å². The van der Waals surface area contributed by atoms with E-state index in [1.54, 1.807) is 0 Å². The van der Waals surface area contributed by atoms with Crippen LogP contribution in [-0.4, -0.2) is 11.7 Å². The molecule has 0 aromatic heterocycles. The fraction of sp³-hybridized carbons (Fsp3) is 0.400. The third-order valence-corrected chi connectivity index (χ3v) is 2.15. The molecule has 0 aliphatic carbocycles. The summed E-state index contributed by atoms with van der Waals surface area (Å²) in [5.74, 6) is 0.0277. The molecule has 79 valence electrons.